The van der Waals surface area contributed by atoms with E-state index in [-0.39, 0.29) is 18.3 Å². The summed E-state index contributed by atoms with van der Waals surface area (Å²) in [5, 5.41) is 14.0. The highest BCUT2D eigenvalue weighted by molar-refractivity contribution is 5.98. The highest BCUT2D eigenvalue weighted by atomic mass is 19.2. The van der Waals surface area contributed by atoms with E-state index in [1.165, 1.54) is 16.9 Å². The predicted molar refractivity (Wildman–Crippen MR) is 122 cm³/mol. The van der Waals surface area contributed by atoms with Gasteiger partial charge in [0.2, 0.25) is 0 Å². The normalized spacial score (nSPS) is 15.6. The summed E-state index contributed by atoms with van der Waals surface area (Å²) in [6.45, 7) is 7.27. The molecule has 0 spiro atoms. The number of Topliss-reactive ketones (excluding diaryl/α,β-unsaturated/α-hetero) is 1. The van der Waals surface area contributed by atoms with Crippen LogP contribution in [-0.4, -0.2) is 44.8 Å². The Balaban J connectivity index is 1.46. The molecule has 0 radical (unpaired) electrons. The van der Waals surface area contributed by atoms with E-state index >= 15 is 0 Å². The van der Waals surface area contributed by atoms with Gasteiger partial charge < -0.3 is 10.0 Å². The number of rotatable bonds is 6. The molecule has 1 aliphatic rings. The number of aryl methyl sites for hydroxylation is 1. The highest BCUT2D eigenvalue weighted by Gasteiger charge is 2.24. The second kappa shape index (κ2) is 9.39. The number of aliphatic hydroxyl groups excluding tert-OH is 1. The van der Waals surface area contributed by atoms with Crippen molar-refractivity contribution in [3.8, 4) is 5.69 Å². The number of piperidine rings is 1. The van der Waals surface area contributed by atoms with Crippen LogP contribution in [0.2, 0.25) is 0 Å². The Morgan fingerprint density at radius 3 is 2.52 bits per heavy atom. The van der Waals surface area contributed by atoms with Gasteiger partial charge in [-0.3, -0.25) is 4.79 Å². The zero-order chi connectivity index (χ0) is 23.7. The maximum atomic E-state index is 13.6. The molecule has 1 saturated heterocycles. The second-order valence-electron chi connectivity index (χ2n) is 8.80. The quantitative estimate of drug-likeness (QED) is 0.566. The van der Waals surface area contributed by atoms with Gasteiger partial charge in [0, 0.05) is 31.8 Å². The molecule has 0 aliphatic carbocycles. The lowest BCUT2D eigenvalue weighted by atomic mass is 9.92. The number of carbonyl (C=O) groups excluding carboxylic acids is 1. The number of nitrogens with zero attached hydrogens (tertiary/aromatic N) is 4. The van der Waals surface area contributed by atoms with Crippen LogP contribution in [0.3, 0.4) is 0 Å². The molecule has 1 aromatic carbocycles. The van der Waals surface area contributed by atoms with Crippen molar-refractivity contribution >= 4 is 11.6 Å². The van der Waals surface area contributed by atoms with Crippen molar-refractivity contribution in [1.82, 2.24) is 14.8 Å². The number of halogens is 2. The molecule has 6 nitrogen and oxygen atoms in total. The minimum Gasteiger partial charge on any atom is -0.393 e. The number of aliphatic hydroxyl groups is 1. The number of hydrogen-bond donors (Lipinski definition) is 1. The summed E-state index contributed by atoms with van der Waals surface area (Å²) in [7, 11) is 0. The molecule has 33 heavy (non-hydrogen) atoms. The first-order chi connectivity index (χ1) is 15.7. The van der Waals surface area contributed by atoms with Crippen molar-refractivity contribution in [3.05, 3.63) is 70.7 Å². The first-order valence-electron chi connectivity index (χ1n) is 11.2. The van der Waals surface area contributed by atoms with Gasteiger partial charge in [-0.05, 0) is 62.8 Å². The predicted octanol–water partition coefficient (Wildman–Crippen LogP) is 4.18. The van der Waals surface area contributed by atoms with E-state index < -0.39 is 11.6 Å². The third kappa shape index (κ3) is 4.80. The van der Waals surface area contributed by atoms with Gasteiger partial charge in [0.25, 0.3) is 0 Å². The number of anilines is 1. The molecule has 174 valence electrons. The van der Waals surface area contributed by atoms with Crippen molar-refractivity contribution in [3.63, 3.8) is 0 Å². The molecule has 3 heterocycles. The largest absolute Gasteiger partial charge is 0.393 e. The minimum absolute atomic E-state index is 0.118. The fourth-order valence-corrected chi connectivity index (χ4v) is 4.49. The molecule has 3 aromatic rings. The number of hydrogen-bond acceptors (Lipinski definition) is 5. The topological polar surface area (TPSA) is 71.2 Å². The Morgan fingerprint density at radius 2 is 1.88 bits per heavy atom. The van der Waals surface area contributed by atoms with Gasteiger partial charge in [0.1, 0.15) is 5.82 Å². The van der Waals surface area contributed by atoms with Crippen LogP contribution in [0.4, 0.5) is 14.6 Å². The van der Waals surface area contributed by atoms with Crippen LogP contribution in [0.1, 0.15) is 46.9 Å². The Labute approximate surface area is 191 Å². The Kier molecular flexibility index (Phi) is 6.56. The van der Waals surface area contributed by atoms with Crippen molar-refractivity contribution in [2.75, 3.05) is 18.0 Å². The molecule has 1 atom stereocenters. The minimum atomic E-state index is -0.966. The number of benzene rings is 1. The van der Waals surface area contributed by atoms with E-state index in [9.17, 15) is 18.7 Å². The molecular weight excluding hydrogens is 426 g/mol. The van der Waals surface area contributed by atoms with Crippen LogP contribution in [0.25, 0.3) is 5.69 Å². The molecule has 2 aromatic heterocycles. The third-order valence-corrected chi connectivity index (χ3v) is 6.45. The molecule has 1 unspecified atom stereocenters. The van der Waals surface area contributed by atoms with Crippen molar-refractivity contribution < 1.29 is 18.7 Å². The number of pyridine rings is 1. The highest BCUT2D eigenvalue weighted by Crippen LogP contribution is 2.27. The smallest absolute Gasteiger partial charge is 0.170 e. The van der Waals surface area contributed by atoms with Gasteiger partial charge >= 0.3 is 0 Å². The molecule has 4 rings (SSSR count). The van der Waals surface area contributed by atoms with Gasteiger partial charge in [-0.25, -0.2) is 18.4 Å². The first kappa shape index (κ1) is 23.0. The van der Waals surface area contributed by atoms with Crippen molar-refractivity contribution in [1.29, 1.82) is 0 Å². The van der Waals surface area contributed by atoms with Crippen LogP contribution in [-0.2, 0) is 6.42 Å². The lowest BCUT2D eigenvalue weighted by Crippen LogP contribution is -2.37. The Hall–Kier alpha value is -3.13. The molecule has 0 bridgehead atoms. The van der Waals surface area contributed by atoms with Crippen molar-refractivity contribution in [2.24, 2.45) is 5.92 Å². The van der Waals surface area contributed by atoms with Gasteiger partial charge in [-0.2, -0.15) is 5.10 Å². The Morgan fingerprint density at radius 1 is 1.15 bits per heavy atom. The summed E-state index contributed by atoms with van der Waals surface area (Å²) in [6, 6.07) is 5.49. The van der Waals surface area contributed by atoms with Crippen LogP contribution in [0.15, 0.2) is 36.7 Å². The number of aromatic nitrogens is 3. The van der Waals surface area contributed by atoms with Crippen LogP contribution >= 0.6 is 0 Å². The monoisotopic (exact) mass is 454 g/mol. The molecular formula is C25H28F2N4O2. The first-order valence-corrected chi connectivity index (χ1v) is 11.2. The summed E-state index contributed by atoms with van der Waals surface area (Å²) in [6.07, 6.45) is 4.93. The maximum absolute atomic E-state index is 13.6. The van der Waals surface area contributed by atoms with E-state index in [4.69, 9.17) is 0 Å². The molecule has 1 fully saturated rings. The van der Waals surface area contributed by atoms with E-state index in [1.807, 2.05) is 19.9 Å². The standard InChI is InChI=1S/C25H28F2N4O2/c1-15-10-18(13-28-25(15)30-8-6-19(7-9-30)17(3)32)11-24(33)21-14-29-31(16(21)2)20-4-5-22(26)23(27)12-20/h4-5,10,12-14,17,19,32H,6-9,11H2,1-3H3. The zero-order valence-corrected chi connectivity index (χ0v) is 19.1. The van der Waals surface area contributed by atoms with Crippen LogP contribution in [0, 0.1) is 31.4 Å². The summed E-state index contributed by atoms with van der Waals surface area (Å²) in [4.78, 5) is 19.8. The summed E-state index contributed by atoms with van der Waals surface area (Å²) in [5.74, 6) is -0.773. The molecule has 1 N–H and O–H groups in total. The average molecular weight is 455 g/mol. The van der Waals surface area contributed by atoms with E-state index in [0.717, 1.165) is 55.0 Å². The molecule has 1 aliphatic heterocycles. The van der Waals surface area contributed by atoms with E-state index in [1.54, 1.807) is 13.1 Å². The van der Waals surface area contributed by atoms with Crippen LogP contribution in [0.5, 0.6) is 0 Å². The molecule has 0 saturated carbocycles. The van der Waals surface area contributed by atoms with Gasteiger partial charge in [-0.15, -0.1) is 0 Å². The summed E-state index contributed by atoms with van der Waals surface area (Å²) in [5.41, 5.74) is 3.16. The van der Waals surface area contributed by atoms with Crippen molar-refractivity contribution in [2.45, 2.75) is 46.1 Å². The van der Waals surface area contributed by atoms with Crippen LogP contribution < -0.4 is 4.90 Å². The van der Waals surface area contributed by atoms with Gasteiger partial charge in [0.05, 0.1) is 29.2 Å². The SMILES string of the molecule is Cc1cc(CC(=O)c2cnn(-c3ccc(F)c(F)c3)c2C)cnc1N1CCC(C(C)O)CC1. The number of ketones is 1. The zero-order valence-electron chi connectivity index (χ0n) is 19.1. The maximum Gasteiger partial charge on any atom is 0.170 e. The average Bonchev–Trinajstić information content (AvgIpc) is 3.17. The fourth-order valence-electron chi connectivity index (χ4n) is 4.49. The molecule has 8 heteroatoms. The lowest BCUT2D eigenvalue weighted by molar-refractivity contribution is 0.0992. The van der Waals surface area contributed by atoms with Gasteiger partial charge in [0.15, 0.2) is 17.4 Å². The number of carbonyl (C=O) groups is 1. The second-order valence-corrected chi connectivity index (χ2v) is 8.80. The molecule has 0 amide bonds. The summed E-state index contributed by atoms with van der Waals surface area (Å²) < 4.78 is 28.3. The summed E-state index contributed by atoms with van der Waals surface area (Å²) >= 11 is 0. The lowest BCUT2D eigenvalue weighted by Gasteiger charge is -2.34. The van der Waals surface area contributed by atoms with Gasteiger partial charge in [-0.1, -0.05) is 6.07 Å². The van der Waals surface area contributed by atoms with E-state index in [0.29, 0.717) is 22.9 Å². The fraction of sp³-hybridized carbons (Fsp3) is 0.400. The Bertz CT molecular complexity index is 1170. The third-order valence-electron chi connectivity index (χ3n) is 6.45. The van der Waals surface area contributed by atoms with E-state index in [2.05, 4.69) is 15.0 Å².